The Kier molecular flexibility index (Phi) is 5.94. The summed E-state index contributed by atoms with van der Waals surface area (Å²) < 4.78 is 14.2. The Morgan fingerprint density at radius 2 is 1.47 bits per heavy atom. The van der Waals surface area contributed by atoms with Crippen molar-refractivity contribution >= 4 is 29.6 Å². The number of aryl methyl sites for hydroxylation is 1. The van der Waals surface area contributed by atoms with Crippen LogP contribution in [0.2, 0.25) is 0 Å². The number of imide groups is 2. The molecule has 1 N–H and O–H groups in total. The molecule has 0 aliphatic carbocycles. The third kappa shape index (κ3) is 4.07. The summed E-state index contributed by atoms with van der Waals surface area (Å²) in [6.07, 6.45) is 2.37. The molecule has 0 aromatic heterocycles. The number of urea groups is 1. The topological polar surface area (TPSA) is 66.5 Å². The molecule has 160 valence electrons. The van der Waals surface area contributed by atoms with E-state index >= 15 is 0 Å². The minimum absolute atomic E-state index is 0.156. The van der Waals surface area contributed by atoms with E-state index < -0.39 is 17.8 Å². The van der Waals surface area contributed by atoms with Gasteiger partial charge in [0.1, 0.15) is 11.4 Å². The lowest BCUT2D eigenvalue weighted by atomic mass is 9.97. The fourth-order valence-electron chi connectivity index (χ4n) is 3.74. The number of rotatable bonds is 5. The van der Waals surface area contributed by atoms with Gasteiger partial charge in [0, 0.05) is 6.42 Å². The van der Waals surface area contributed by atoms with E-state index in [2.05, 4.69) is 5.32 Å². The first-order valence-corrected chi connectivity index (χ1v) is 10.3. The maximum Gasteiger partial charge on any atom is 0.335 e. The number of carbonyl (C=O) groups excluding carboxylic acids is 3. The predicted molar refractivity (Wildman–Crippen MR) is 120 cm³/mol. The number of carbonyl (C=O) groups is 3. The van der Waals surface area contributed by atoms with Gasteiger partial charge in [0.15, 0.2) is 0 Å². The minimum atomic E-state index is -0.780. The van der Waals surface area contributed by atoms with Gasteiger partial charge >= 0.3 is 6.03 Å². The van der Waals surface area contributed by atoms with Crippen molar-refractivity contribution in [3.05, 3.63) is 106 Å². The Balaban J connectivity index is 1.74. The van der Waals surface area contributed by atoms with Crippen LogP contribution in [0.3, 0.4) is 0 Å². The van der Waals surface area contributed by atoms with Gasteiger partial charge in [-0.25, -0.2) is 14.1 Å². The van der Waals surface area contributed by atoms with Crippen LogP contribution in [0.4, 0.5) is 14.9 Å². The average molecular weight is 428 g/mol. The molecule has 32 heavy (non-hydrogen) atoms. The fourth-order valence-corrected chi connectivity index (χ4v) is 3.74. The van der Waals surface area contributed by atoms with Crippen LogP contribution in [-0.2, 0) is 22.4 Å². The van der Waals surface area contributed by atoms with Gasteiger partial charge in [0.25, 0.3) is 11.8 Å². The average Bonchev–Trinajstić information content (AvgIpc) is 2.79. The normalized spacial score (nSPS) is 15.2. The lowest BCUT2D eigenvalue weighted by Gasteiger charge is -2.28. The molecule has 0 unspecified atom stereocenters. The number of barbiturate groups is 1. The van der Waals surface area contributed by atoms with Crippen LogP contribution in [0.25, 0.3) is 6.08 Å². The SMILES string of the molecule is CCc1ccccc1N1C(=O)NC(=O)/C(=C/c2ccccc2Cc2ccccc2F)C1=O. The molecular weight excluding hydrogens is 407 g/mol. The minimum Gasteiger partial charge on any atom is -0.273 e. The largest absolute Gasteiger partial charge is 0.335 e. The van der Waals surface area contributed by atoms with Gasteiger partial charge in [0.2, 0.25) is 0 Å². The van der Waals surface area contributed by atoms with Crippen LogP contribution in [0.5, 0.6) is 0 Å². The van der Waals surface area contributed by atoms with E-state index in [1.165, 1.54) is 12.1 Å². The Hall–Kier alpha value is -4.06. The molecular formula is C26H21FN2O3. The summed E-state index contributed by atoms with van der Waals surface area (Å²) in [5.74, 6) is -1.78. The number of hydrogen-bond acceptors (Lipinski definition) is 3. The van der Waals surface area contributed by atoms with Crippen molar-refractivity contribution in [1.29, 1.82) is 0 Å². The maximum atomic E-state index is 14.2. The number of nitrogens with one attached hydrogen (secondary N) is 1. The van der Waals surface area contributed by atoms with E-state index in [-0.39, 0.29) is 11.4 Å². The van der Waals surface area contributed by atoms with Crippen molar-refractivity contribution in [2.75, 3.05) is 4.90 Å². The summed E-state index contributed by atoms with van der Waals surface area (Å²) in [6, 6.07) is 19.9. The molecule has 4 amide bonds. The van der Waals surface area contributed by atoms with Crippen molar-refractivity contribution in [2.45, 2.75) is 19.8 Å². The first-order valence-electron chi connectivity index (χ1n) is 10.3. The lowest BCUT2D eigenvalue weighted by molar-refractivity contribution is -0.122. The lowest BCUT2D eigenvalue weighted by Crippen LogP contribution is -2.54. The van der Waals surface area contributed by atoms with Gasteiger partial charge in [-0.1, -0.05) is 67.6 Å². The Morgan fingerprint density at radius 1 is 0.844 bits per heavy atom. The quantitative estimate of drug-likeness (QED) is 0.475. The van der Waals surface area contributed by atoms with Crippen LogP contribution < -0.4 is 10.2 Å². The summed E-state index contributed by atoms with van der Waals surface area (Å²) in [7, 11) is 0. The number of benzene rings is 3. The molecule has 6 heteroatoms. The highest BCUT2D eigenvalue weighted by Gasteiger charge is 2.37. The van der Waals surface area contributed by atoms with E-state index in [1.807, 2.05) is 31.2 Å². The number of nitrogens with zero attached hydrogens (tertiary/aromatic N) is 1. The molecule has 3 aromatic carbocycles. The van der Waals surface area contributed by atoms with Crippen molar-refractivity contribution in [2.24, 2.45) is 0 Å². The zero-order valence-electron chi connectivity index (χ0n) is 17.5. The monoisotopic (exact) mass is 428 g/mol. The third-order valence-electron chi connectivity index (χ3n) is 5.41. The number of hydrogen-bond donors (Lipinski definition) is 1. The smallest absolute Gasteiger partial charge is 0.273 e. The summed E-state index contributed by atoms with van der Waals surface area (Å²) in [5.41, 5.74) is 2.96. The van der Waals surface area contributed by atoms with E-state index in [1.54, 1.807) is 42.5 Å². The van der Waals surface area contributed by atoms with Crippen molar-refractivity contribution in [3.63, 3.8) is 0 Å². The van der Waals surface area contributed by atoms with Gasteiger partial charge in [-0.3, -0.25) is 14.9 Å². The number of anilines is 1. The van der Waals surface area contributed by atoms with Gasteiger partial charge in [-0.15, -0.1) is 0 Å². The summed E-state index contributed by atoms with van der Waals surface area (Å²) in [5, 5.41) is 2.26. The summed E-state index contributed by atoms with van der Waals surface area (Å²) >= 11 is 0. The molecule has 0 atom stereocenters. The summed E-state index contributed by atoms with van der Waals surface area (Å²) in [4.78, 5) is 39.3. The predicted octanol–water partition coefficient (Wildman–Crippen LogP) is 4.65. The second kappa shape index (κ2) is 8.98. The number of halogens is 1. The highest BCUT2D eigenvalue weighted by molar-refractivity contribution is 6.39. The molecule has 0 radical (unpaired) electrons. The third-order valence-corrected chi connectivity index (χ3v) is 5.41. The molecule has 1 saturated heterocycles. The Bertz CT molecular complexity index is 1250. The highest BCUT2D eigenvalue weighted by Crippen LogP contribution is 2.27. The number of amides is 4. The van der Waals surface area contributed by atoms with Gasteiger partial charge < -0.3 is 0 Å². The molecule has 4 rings (SSSR count). The van der Waals surface area contributed by atoms with E-state index in [9.17, 15) is 18.8 Å². The van der Waals surface area contributed by atoms with Crippen molar-refractivity contribution in [1.82, 2.24) is 5.32 Å². The van der Waals surface area contributed by atoms with E-state index in [0.717, 1.165) is 16.0 Å². The molecule has 0 saturated carbocycles. The van der Waals surface area contributed by atoms with Crippen LogP contribution in [0.15, 0.2) is 78.4 Å². The van der Waals surface area contributed by atoms with E-state index in [0.29, 0.717) is 29.7 Å². The maximum absolute atomic E-state index is 14.2. The van der Waals surface area contributed by atoms with Crippen LogP contribution >= 0.6 is 0 Å². The molecule has 1 aliphatic heterocycles. The van der Waals surface area contributed by atoms with Gasteiger partial charge in [0.05, 0.1) is 5.69 Å². The fraction of sp³-hybridized carbons (Fsp3) is 0.115. The van der Waals surface area contributed by atoms with Gasteiger partial charge in [-0.05, 0) is 46.9 Å². The highest BCUT2D eigenvalue weighted by atomic mass is 19.1. The summed E-state index contributed by atoms with van der Waals surface area (Å²) in [6.45, 7) is 1.92. The Labute approximate surface area is 185 Å². The van der Waals surface area contributed by atoms with Crippen LogP contribution in [0.1, 0.15) is 29.2 Å². The first kappa shape index (κ1) is 21.2. The molecule has 5 nitrogen and oxygen atoms in total. The molecule has 0 bridgehead atoms. The number of para-hydroxylation sites is 1. The van der Waals surface area contributed by atoms with Crippen LogP contribution in [0, 0.1) is 5.82 Å². The zero-order chi connectivity index (χ0) is 22.7. The van der Waals surface area contributed by atoms with Crippen molar-refractivity contribution in [3.8, 4) is 0 Å². The van der Waals surface area contributed by atoms with Crippen LogP contribution in [-0.4, -0.2) is 17.8 Å². The second-order valence-electron chi connectivity index (χ2n) is 7.41. The first-order chi connectivity index (χ1) is 15.5. The van der Waals surface area contributed by atoms with Gasteiger partial charge in [-0.2, -0.15) is 0 Å². The zero-order valence-corrected chi connectivity index (χ0v) is 17.5. The van der Waals surface area contributed by atoms with E-state index in [4.69, 9.17) is 0 Å². The Morgan fingerprint density at radius 3 is 2.19 bits per heavy atom. The molecule has 3 aromatic rings. The van der Waals surface area contributed by atoms with Crippen molar-refractivity contribution < 1.29 is 18.8 Å². The molecule has 1 fully saturated rings. The molecule has 1 heterocycles. The standard InChI is InChI=1S/C26H21FN2O3/c1-2-17-9-6-8-14-23(17)29-25(31)21(24(30)28-26(29)32)16-19-11-4-3-10-18(19)15-20-12-5-7-13-22(20)27/h3-14,16H,2,15H2,1H3,(H,28,30,32)/b21-16-. The second-order valence-corrected chi connectivity index (χ2v) is 7.41. The molecule has 0 spiro atoms. The molecule has 1 aliphatic rings.